The fourth-order valence-corrected chi connectivity index (χ4v) is 2.83. The number of amides is 1. The Morgan fingerprint density at radius 3 is 2.76 bits per heavy atom. The molecule has 3 rings (SSSR count). The molecule has 1 aromatic carbocycles. The van der Waals surface area contributed by atoms with Gasteiger partial charge in [0.1, 0.15) is 6.61 Å². The van der Waals surface area contributed by atoms with Crippen LogP contribution in [-0.4, -0.2) is 43.0 Å². The zero-order valence-electron chi connectivity index (χ0n) is 11.9. The molecule has 1 saturated heterocycles. The summed E-state index contributed by atoms with van der Waals surface area (Å²) in [5.74, 6) is -0.287. The van der Waals surface area contributed by atoms with E-state index in [1.54, 1.807) is 18.2 Å². The van der Waals surface area contributed by atoms with Gasteiger partial charge in [-0.05, 0) is 44.1 Å². The van der Waals surface area contributed by atoms with Crippen molar-refractivity contribution < 1.29 is 14.3 Å². The van der Waals surface area contributed by atoms with Gasteiger partial charge >= 0.3 is 5.97 Å². The van der Waals surface area contributed by atoms with Crippen LogP contribution in [0.1, 0.15) is 39.1 Å². The molecule has 0 aliphatic carbocycles. The average molecular weight is 311 g/mol. The Morgan fingerprint density at radius 1 is 1.33 bits per heavy atom. The Kier molecular flexibility index (Phi) is 4.85. The molecule has 1 aromatic rings. The number of benzene rings is 1. The Hall–Kier alpha value is -1.59. The lowest BCUT2D eigenvalue weighted by molar-refractivity contribution is 0.0535. The third-order valence-corrected chi connectivity index (χ3v) is 4.11. The summed E-state index contributed by atoms with van der Waals surface area (Å²) in [6.45, 7) is 2.18. The van der Waals surface area contributed by atoms with Crippen molar-refractivity contribution in [2.75, 3.05) is 20.1 Å². The van der Waals surface area contributed by atoms with Crippen molar-refractivity contribution in [3.63, 3.8) is 0 Å². The summed E-state index contributed by atoms with van der Waals surface area (Å²) >= 11 is 0. The lowest BCUT2D eigenvalue weighted by Crippen LogP contribution is -2.43. The second-order valence-electron chi connectivity index (χ2n) is 5.35. The number of cyclic esters (lactones) is 1. The fourth-order valence-electron chi connectivity index (χ4n) is 2.83. The second kappa shape index (κ2) is 6.45. The molecule has 0 radical (unpaired) electrons. The Bertz CT molecular complexity index is 556. The molecule has 0 bridgehead atoms. The topological polar surface area (TPSA) is 58.6 Å². The minimum Gasteiger partial charge on any atom is -0.457 e. The number of ether oxygens (including phenoxy) is 1. The van der Waals surface area contributed by atoms with Crippen molar-refractivity contribution in [3.8, 4) is 0 Å². The molecule has 0 unspecified atom stereocenters. The van der Waals surface area contributed by atoms with Gasteiger partial charge in [0.05, 0.1) is 5.56 Å². The highest BCUT2D eigenvalue weighted by molar-refractivity contribution is 5.98. The van der Waals surface area contributed by atoms with Crippen LogP contribution in [0.3, 0.4) is 0 Å². The maximum Gasteiger partial charge on any atom is 0.338 e. The first-order valence-electron chi connectivity index (χ1n) is 6.95. The predicted octanol–water partition coefficient (Wildman–Crippen LogP) is 1.60. The highest BCUT2D eigenvalue weighted by Gasteiger charge is 2.26. The monoisotopic (exact) mass is 310 g/mol. The van der Waals surface area contributed by atoms with Crippen molar-refractivity contribution in [1.82, 2.24) is 10.2 Å². The van der Waals surface area contributed by atoms with Gasteiger partial charge in [-0.2, -0.15) is 0 Å². The first-order valence-corrected chi connectivity index (χ1v) is 6.95. The van der Waals surface area contributed by atoms with E-state index in [9.17, 15) is 9.59 Å². The number of carbonyl (C=O) groups is 2. The maximum absolute atomic E-state index is 12.5. The molecule has 1 N–H and O–H groups in total. The number of piperidine rings is 1. The SMILES string of the molecule is CN(C(=O)c1ccc2c(c1)COC2=O)C1CCNCC1.Cl. The van der Waals surface area contributed by atoms with Crippen LogP contribution in [0.5, 0.6) is 0 Å². The summed E-state index contributed by atoms with van der Waals surface area (Å²) in [6.07, 6.45) is 1.96. The number of hydrogen-bond acceptors (Lipinski definition) is 4. The summed E-state index contributed by atoms with van der Waals surface area (Å²) in [4.78, 5) is 25.7. The van der Waals surface area contributed by atoms with Gasteiger partial charge in [-0.15, -0.1) is 12.4 Å². The second-order valence-corrected chi connectivity index (χ2v) is 5.35. The number of fused-ring (bicyclic) bond motifs is 1. The van der Waals surface area contributed by atoms with Crippen LogP contribution in [0, 0.1) is 0 Å². The normalized spacial score (nSPS) is 17.7. The van der Waals surface area contributed by atoms with Gasteiger partial charge in [0.15, 0.2) is 0 Å². The Balaban J connectivity index is 0.00000161. The largest absolute Gasteiger partial charge is 0.457 e. The number of rotatable bonds is 2. The molecule has 2 aliphatic rings. The summed E-state index contributed by atoms with van der Waals surface area (Å²) in [7, 11) is 1.85. The minimum absolute atomic E-state index is 0. The third-order valence-electron chi connectivity index (χ3n) is 4.11. The molecule has 2 heterocycles. The van der Waals surface area contributed by atoms with E-state index >= 15 is 0 Å². The zero-order chi connectivity index (χ0) is 14.1. The van der Waals surface area contributed by atoms with Gasteiger partial charge in [0.25, 0.3) is 5.91 Å². The molecule has 1 fully saturated rings. The molecule has 21 heavy (non-hydrogen) atoms. The first-order chi connectivity index (χ1) is 9.66. The van der Waals surface area contributed by atoms with E-state index in [0.29, 0.717) is 11.1 Å². The molecule has 0 saturated carbocycles. The van der Waals surface area contributed by atoms with E-state index in [1.807, 2.05) is 11.9 Å². The predicted molar refractivity (Wildman–Crippen MR) is 80.8 cm³/mol. The highest BCUT2D eigenvalue weighted by Crippen LogP contribution is 2.22. The summed E-state index contributed by atoms with van der Waals surface area (Å²) in [5.41, 5.74) is 2.01. The molecule has 2 aliphatic heterocycles. The Labute approximate surface area is 130 Å². The van der Waals surface area contributed by atoms with Gasteiger partial charge in [0.2, 0.25) is 0 Å². The van der Waals surface area contributed by atoms with Gasteiger partial charge in [-0.1, -0.05) is 0 Å². The number of hydrogen-bond donors (Lipinski definition) is 1. The van der Waals surface area contributed by atoms with E-state index in [0.717, 1.165) is 31.5 Å². The quantitative estimate of drug-likeness (QED) is 0.843. The molecule has 0 atom stereocenters. The van der Waals surface area contributed by atoms with Crippen LogP contribution in [0.25, 0.3) is 0 Å². The summed E-state index contributed by atoms with van der Waals surface area (Å²) in [5, 5.41) is 3.30. The summed E-state index contributed by atoms with van der Waals surface area (Å²) < 4.78 is 4.96. The van der Waals surface area contributed by atoms with Crippen LogP contribution in [0.2, 0.25) is 0 Å². The molecule has 0 aromatic heterocycles. The summed E-state index contributed by atoms with van der Waals surface area (Å²) in [6, 6.07) is 5.47. The van der Waals surface area contributed by atoms with Crippen molar-refractivity contribution in [1.29, 1.82) is 0 Å². The van der Waals surface area contributed by atoms with Gasteiger partial charge in [-0.3, -0.25) is 4.79 Å². The van der Waals surface area contributed by atoms with Crippen molar-refractivity contribution in [3.05, 3.63) is 34.9 Å². The lowest BCUT2D eigenvalue weighted by Gasteiger charge is -2.31. The molecule has 0 spiro atoms. The van der Waals surface area contributed by atoms with Gasteiger partial charge in [-0.25, -0.2) is 4.79 Å². The Morgan fingerprint density at radius 2 is 2.05 bits per heavy atom. The van der Waals surface area contributed by atoms with E-state index < -0.39 is 0 Å². The van der Waals surface area contributed by atoms with Crippen molar-refractivity contribution in [2.24, 2.45) is 0 Å². The van der Waals surface area contributed by atoms with E-state index in [2.05, 4.69) is 5.32 Å². The smallest absolute Gasteiger partial charge is 0.338 e. The highest BCUT2D eigenvalue weighted by atomic mass is 35.5. The van der Waals surface area contributed by atoms with Crippen LogP contribution in [0.15, 0.2) is 18.2 Å². The van der Waals surface area contributed by atoms with E-state index in [-0.39, 0.29) is 36.9 Å². The lowest BCUT2D eigenvalue weighted by atomic mass is 10.0. The number of esters is 1. The molecule has 1 amide bonds. The average Bonchev–Trinajstić information content (AvgIpc) is 2.87. The first kappa shape index (κ1) is 15.8. The van der Waals surface area contributed by atoms with E-state index in [1.165, 1.54) is 0 Å². The van der Waals surface area contributed by atoms with Crippen LogP contribution in [0.4, 0.5) is 0 Å². The molecular weight excluding hydrogens is 292 g/mol. The van der Waals surface area contributed by atoms with Crippen molar-refractivity contribution in [2.45, 2.75) is 25.5 Å². The third kappa shape index (κ3) is 3.04. The number of halogens is 1. The van der Waals surface area contributed by atoms with Crippen LogP contribution >= 0.6 is 12.4 Å². The molecule has 6 heteroatoms. The van der Waals surface area contributed by atoms with E-state index in [4.69, 9.17) is 4.74 Å². The zero-order valence-corrected chi connectivity index (χ0v) is 12.7. The fraction of sp³-hybridized carbons (Fsp3) is 0.467. The van der Waals surface area contributed by atoms with Crippen LogP contribution in [-0.2, 0) is 11.3 Å². The number of carbonyl (C=O) groups excluding carboxylic acids is 2. The van der Waals surface area contributed by atoms with Gasteiger partial charge in [0, 0.05) is 24.2 Å². The van der Waals surface area contributed by atoms with Crippen molar-refractivity contribution >= 4 is 24.3 Å². The molecule has 5 nitrogen and oxygen atoms in total. The number of nitrogens with one attached hydrogen (secondary N) is 1. The molecular formula is C15H19ClN2O3. The van der Waals surface area contributed by atoms with Gasteiger partial charge < -0.3 is 15.0 Å². The molecule has 114 valence electrons. The van der Waals surface area contributed by atoms with Crippen LogP contribution < -0.4 is 5.32 Å². The number of nitrogens with zero attached hydrogens (tertiary/aromatic N) is 1. The minimum atomic E-state index is -0.300. The standard InChI is InChI=1S/C15H18N2O3.ClH/c1-17(12-4-6-16-7-5-12)14(18)10-2-3-13-11(8-10)9-20-15(13)19;/h2-3,8,12,16H,4-7,9H2,1H3;1H. The maximum atomic E-state index is 12.5.